The lowest BCUT2D eigenvalue weighted by Crippen LogP contribution is -2.00. The zero-order valence-electron chi connectivity index (χ0n) is 7.31. The first-order valence-electron chi connectivity index (χ1n) is 3.87. The van der Waals surface area contributed by atoms with Crippen LogP contribution in [0.2, 0.25) is 0 Å². The van der Waals surface area contributed by atoms with E-state index in [0.717, 1.165) is 0 Å². The van der Waals surface area contributed by atoms with Gasteiger partial charge in [-0.3, -0.25) is 4.79 Å². The molecule has 0 bridgehead atoms. The molecule has 0 N–H and O–H groups in total. The van der Waals surface area contributed by atoms with Gasteiger partial charge in [-0.1, -0.05) is 0 Å². The maximum Gasteiger partial charge on any atom is 0.177 e. The molecule has 1 aromatic rings. The summed E-state index contributed by atoms with van der Waals surface area (Å²) in [5.74, 6) is -0.582. The van der Waals surface area contributed by atoms with Crippen molar-refractivity contribution in [2.75, 3.05) is 6.61 Å². The van der Waals surface area contributed by atoms with E-state index in [-0.39, 0.29) is 11.3 Å². The first-order chi connectivity index (χ1) is 6.61. The van der Waals surface area contributed by atoms with Crippen molar-refractivity contribution in [1.29, 1.82) is 0 Å². The lowest BCUT2D eigenvalue weighted by molar-refractivity contribution is 0.111. The summed E-state index contributed by atoms with van der Waals surface area (Å²) in [7, 11) is 0. The third-order valence-corrected chi connectivity index (χ3v) is 2.82. The second-order valence-corrected chi connectivity index (χ2v) is 4.16. The molecule has 0 amide bonds. The maximum atomic E-state index is 13.6. The van der Waals surface area contributed by atoms with Gasteiger partial charge in [0.2, 0.25) is 0 Å². The second kappa shape index (κ2) is 4.89. The highest BCUT2D eigenvalue weighted by atomic mass is 79.9. The molecule has 76 valence electrons. The lowest BCUT2D eigenvalue weighted by Gasteiger charge is -2.09. The average molecular weight is 326 g/mol. The molecule has 2 nitrogen and oxygen atoms in total. The van der Waals surface area contributed by atoms with E-state index in [4.69, 9.17) is 4.74 Å². The van der Waals surface area contributed by atoms with Gasteiger partial charge in [0.1, 0.15) is 0 Å². The van der Waals surface area contributed by atoms with E-state index in [1.807, 2.05) is 0 Å². The summed E-state index contributed by atoms with van der Waals surface area (Å²) in [4.78, 5) is 10.6. The topological polar surface area (TPSA) is 26.3 Å². The van der Waals surface area contributed by atoms with Crippen LogP contribution in [0.1, 0.15) is 17.3 Å². The molecule has 5 heteroatoms. The molecule has 1 aromatic carbocycles. The predicted octanol–water partition coefficient (Wildman–Crippen LogP) is 3.56. The molecule has 0 unspecified atom stereocenters. The Kier molecular flexibility index (Phi) is 4.07. The van der Waals surface area contributed by atoms with Crippen LogP contribution in [0.15, 0.2) is 15.0 Å². The van der Waals surface area contributed by atoms with Gasteiger partial charge in [-0.2, -0.15) is 0 Å². The Balaban J connectivity index is 3.35. The van der Waals surface area contributed by atoms with Crippen LogP contribution in [0.3, 0.4) is 0 Å². The average Bonchev–Trinajstić information content (AvgIpc) is 2.12. The van der Waals surface area contributed by atoms with Gasteiger partial charge in [0, 0.05) is 4.47 Å². The number of ether oxygens (including phenoxy) is 1. The van der Waals surface area contributed by atoms with E-state index in [1.165, 1.54) is 0 Å². The third-order valence-electron chi connectivity index (χ3n) is 1.57. The van der Waals surface area contributed by atoms with Crippen molar-refractivity contribution < 1.29 is 13.9 Å². The largest absolute Gasteiger partial charge is 0.490 e. The lowest BCUT2D eigenvalue weighted by atomic mass is 10.2. The highest BCUT2D eigenvalue weighted by molar-refractivity contribution is 9.11. The molecule has 0 aliphatic carbocycles. The summed E-state index contributed by atoms with van der Waals surface area (Å²) in [5, 5.41) is 0. The van der Waals surface area contributed by atoms with Crippen LogP contribution >= 0.6 is 31.9 Å². The van der Waals surface area contributed by atoms with Crippen molar-refractivity contribution in [3.63, 3.8) is 0 Å². The summed E-state index contributed by atoms with van der Waals surface area (Å²) in [6.45, 7) is 2.09. The van der Waals surface area contributed by atoms with E-state index in [0.29, 0.717) is 21.8 Å². The van der Waals surface area contributed by atoms with Crippen LogP contribution in [-0.2, 0) is 0 Å². The van der Waals surface area contributed by atoms with Crippen molar-refractivity contribution in [3.05, 3.63) is 26.4 Å². The van der Waals surface area contributed by atoms with E-state index >= 15 is 0 Å². The molecule has 1 rings (SSSR count). The first-order valence-corrected chi connectivity index (χ1v) is 5.45. The Morgan fingerprint density at radius 2 is 2.14 bits per heavy atom. The van der Waals surface area contributed by atoms with Crippen LogP contribution in [-0.4, -0.2) is 12.9 Å². The highest BCUT2D eigenvalue weighted by Gasteiger charge is 2.16. The summed E-state index contributed by atoms with van der Waals surface area (Å²) >= 11 is 6.24. The Labute approximate surface area is 97.7 Å². The minimum Gasteiger partial charge on any atom is -0.490 e. The number of rotatable bonds is 3. The molecule has 0 radical (unpaired) electrons. The minimum absolute atomic E-state index is 0.0309. The Morgan fingerprint density at radius 1 is 1.50 bits per heavy atom. The van der Waals surface area contributed by atoms with Gasteiger partial charge in [-0.25, -0.2) is 4.39 Å². The van der Waals surface area contributed by atoms with Gasteiger partial charge >= 0.3 is 0 Å². The zero-order valence-corrected chi connectivity index (χ0v) is 10.5. The molecule has 0 heterocycles. The quantitative estimate of drug-likeness (QED) is 0.794. The number of aldehydes is 1. The Bertz CT molecular complexity index is 366. The molecule has 0 atom stereocenters. The smallest absolute Gasteiger partial charge is 0.177 e. The molecule has 0 saturated carbocycles. The number of halogens is 3. The third kappa shape index (κ3) is 2.15. The highest BCUT2D eigenvalue weighted by Crippen LogP contribution is 2.34. The van der Waals surface area contributed by atoms with E-state index < -0.39 is 5.82 Å². The molecule has 0 spiro atoms. The van der Waals surface area contributed by atoms with Crippen molar-refractivity contribution in [2.24, 2.45) is 0 Å². The monoisotopic (exact) mass is 324 g/mol. The fourth-order valence-corrected chi connectivity index (χ4v) is 2.29. The predicted molar refractivity (Wildman–Crippen MR) is 58.4 cm³/mol. The van der Waals surface area contributed by atoms with Gasteiger partial charge in [0.15, 0.2) is 17.9 Å². The normalized spacial score (nSPS) is 10.0. The standard InChI is InChI=1S/C9H7Br2FO2/c1-2-14-9-7(11)3-6(10)5(4-13)8(9)12/h3-4H,2H2,1H3. The first kappa shape index (κ1) is 11.7. The number of benzene rings is 1. The van der Waals surface area contributed by atoms with E-state index in [1.54, 1.807) is 13.0 Å². The van der Waals surface area contributed by atoms with Gasteiger partial charge in [-0.05, 0) is 44.8 Å². The van der Waals surface area contributed by atoms with Crippen LogP contribution in [0.5, 0.6) is 5.75 Å². The molecule has 0 saturated heterocycles. The van der Waals surface area contributed by atoms with Gasteiger partial charge < -0.3 is 4.74 Å². The zero-order chi connectivity index (χ0) is 10.7. The molecule has 0 aliphatic rings. The molecule has 0 aromatic heterocycles. The Hall–Kier alpha value is -0.420. The summed E-state index contributed by atoms with van der Waals surface area (Å²) in [6, 6.07) is 1.58. The summed E-state index contributed by atoms with van der Waals surface area (Å²) < 4.78 is 19.5. The van der Waals surface area contributed by atoms with Crippen molar-refractivity contribution >= 4 is 38.1 Å². The van der Waals surface area contributed by atoms with Crippen molar-refractivity contribution in [3.8, 4) is 5.75 Å². The van der Waals surface area contributed by atoms with E-state index in [2.05, 4.69) is 31.9 Å². The van der Waals surface area contributed by atoms with Gasteiger partial charge in [0.05, 0.1) is 16.6 Å². The Morgan fingerprint density at radius 3 is 2.64 bits per heavy atom. The summed E-state index contributed by atoms with van der Waals surface area (Å²) in [6.07, 6.45) is 0.453. The van der Waals surface area contributed by atoms with Crippen molar-refractivity contribution in [1.82, 2.24) is 0 Å². The van der Waals surface area contributed by atoms with Crippen LogP contribution in [0.4, 0.5) is 4.39 Å². The number of hydrogen-bond acceptors (Lipinski definition) is 2. The fraction of sp³-hybridized carbons (Fsp3) is 0.222. The van der Waals surface area contributed by atoms with Crippen molar-refractivity contribution in [2.45, 2.75) is 6.92 Å². The number of carbonyl (C=O) groups is 1. The molecule has 0 aliphatic heterocycles. The maximum absolute atomic E-state index is 13.6. The molecule has 14 heavy (non-hydrogen) atoms. The molecule has 0 fully saturated rings. The van der Waals surface area contributed by atoms with E-state index in [9.17, 15) is 9.18 Å². The van der Waals surface area contributed by atoms with Gasteiger partial charge in [-0.15, -0.1) is 0 Å². The van der Waals surface area contributed by atoms with Crippen LogP contribution in [0.25, 0.3) is 0 Å². The minimum atomic E-state index is -0.650. The SMILES string of the molecule is CCOc1c(Br)cc(Br)c(C=O)c1F. The fourth-order valence-electron chi connectivity index (χ4n) is 0.971. The number of hydrogen-bond donors (Lipinski definition) is 0. The van der Waals surface area contributed by atoms with Crippen LogP contribution in [0, 0.1) is 5.82 Å². The molecular formula is C9H7Br2FO2. The number of carbonyl (C=O) groups excluding carboxylic acids is 1. The van der Waals surface area contributed by atoms with Gasteiger partial charge in [0.25, 0.3) is 0 Å². The van der Waals surface area contributed by atoms with Crippen LogP contribution < -0.4 is 4.74 Å². The second-order valence-electron chi connectivity index (χ2n) is 2.45. The molecular weight excluding hydrogens is 319 g/mol. The summed E-state index contributed by atoms with van der Waals surface area (Å²) in [5.41, 5.74) is -0.0309.